The van der Waals surface area contributed by atoms with Gasteiger partial charge in [-0.25, -0.2) is 4.98 Å². The standard InChI is InChI=1S/C13H12F3N3O/c14-13(15,16)10-4-8-6-17-11(5-9(8)18-10)19-12(20)7-2-1-3-7/h4-7,18H,1-3H2,(H,17,19,20). The predicted molar refractivity (Wildman–Crippen MR) is 67.1 cm³/mol. The minimum Gasteiger partial charge on any atom is -0.351 e. The second-order valence-corrected chi connectivity index (χ2v) is 4.95. The molecular formula is C13H12F3N3O. The normalized spacial score (nSPS) is 16.1. The Labute approximate surface area is 112 Å². The molecule has 2 heterocycles. The number of H-pyrrole nitrogens is 1. The fraction of sp³-hybridized carbons (Fsp3) is 0.385. The number of nitrogens with zero attached hydrogens (tertiary/aromatic N) is 1. The molecule has 0 aliphatic heterocycles. The van der Waals surface area contributed by atoms with E-state index >= 15 is 0 Å². The molecule has 1 saturated carbocycles. The summed E-state index contributed by atoms with van der Waals surface area (Å²) in [4.78, 5) is 18.0. The van der Waals surface area contributed by atoms with E-state index in [0.29, 0.717) is 10.9 Å². The van der Waals surface area contributed by atoms with Crippen LogP contribution in [0.1, 0.15) is 25.0 Å². The van der Waals surface area contributed by atoms with Gasteiger partial charge in [-0.2, -0.15) is 13.2 Å². The highest BCUT2D eigenvalue weighted by Gasteiger charge is 2.32. The molecular weight excluding hydrogens is 271 g/mol. The van der Waals surface area contributed by atoms with E-state index in [2.05, 4.69) is 15.3 Å². The lowest BCUT2D eigenvalue weighted by atomic mass is 9.85. The molecule has 2 aromatic rings. The number of aromatic nitrogens is 2. The first-order valence-corrected chi connectivity index (χ1v) is 6.30. The van der Waals surface area contributed by atoms with E-state index in [1.54, 1.807) is 0 Å². The van der Waals surface area contributed by atoms with Crippen molar-refractivity contribution in [2.75, 3.05) is 5.32 Å². The summed E-state index contributed by atoms with van der Waals surface area (Å²) in [5.41, 5.74) is -0.520. The zero-order chi connectivity index (χ0) is 14.3. The van der Waals surface area contributed by atoms with Crippen LogP contribution in [0.4, 0.5) is 19.0 Å². The fourth-order valence-electron chi connectivity index (χ4n) is 2.15. The van der Waals surface area contributed by atoms with Crippen LogP contribution >= 0.6 is 0 Å². The summed E-state index contributed by atoms with van der Waals surface area (Å²) in [7, 11) is 0. The number of fused-ring (bicyclic) bond motifs is 1. The van der Waals surface area contributed by atoms with Gasteiger partial charge in [-0.1, -0.05) is 6.42 Å². The molecule has 0 radical (unpaired) electrons. The molecule has 4 nitrogen and oxygen atoms in total. The number of carbonyl (C=O) groups is 1. The molecule has 2 aromatic heterocycles. The first kappa shape index (κ1) is 13.0. The maximum atomic E-state index is 12.6. The Morgan fingerprint density at radius 3 is 2.70 bits per heavy atom. The Balaban J connectivity index is 1.84. The van der Waals surface area contributed by atoms with Gasteiger partial charge in [0.1, 0.15) is 11.5 Å². The van der Waals surface area contributed by atoms with Crippen molar-refractivity contribution >= 4 is 22.6 Å². The van der Waals surface area contributed by atoms with E-state index in [1.807, 2.05) is 0 Å². The lowest BCUT2D eigenvalue weighted by Gasteiger charge is -2.23. The van der Waals surface area contributed by atoms with Gasteiger partial charge < -0.3 is 10.3 Å². The number of carbonyl (C=O) groups excluding carboxylic acids is 1. The van der Waals surface area contributed by atoms with Crippen LogP contribution in [0.2, 0.25) is 0 Å². The lowest BCUT2D eigenvalue weighted by molar-refractivity contribution is -0.140. The van der Waals surface area contributed by atoms with Crippen LogP contribution < -0.4 is 5.32 Å². The lowest BCUT2D eigenvalue weighted by Crippen LogP contribution is -2.28. The number of amides is 1. The van der Waals surface area contributed by atoms with Crippen LogP contribution in [-0.2, 0) is 11.0 Å². The Morgan fingerprint density at radius 1 is 1.35 bits per heavy atom. The highest BCUT2D eigenvalue weighted by atomic mass is 19.4. The van der Waals surface area contributed by atoms with Gasteiger partial charge in [-0.05, 0) is 18.9 Å². The zero-order valence-corrected chi connectivity index (χ0v) is 10.4. The smallest absolute Gasteiger partial charge is 0.351 e. The molecule has 0 bridgehead atoms. The summed E-state index contributed by atoms with van der Waals surface area (Å²) in [6.45, 7) is 0. The molecule has 3 rings (SSSR count). The maximum Gasteiger partial charge on any atom is 0.431 e. The highest BCUT2D eigenvalue weighted by Crippen LogP contribution is 2.32. The Morgan fingerprint density at radius 2 is 2.10 bits per heavy atom. The first-order chi connectivity index (χ1) is 9.43. The molecule has 1 aliphatic rings. The largest absolute Gasteiger partial charge is 0.431 e. The summed E-state index contributed by atoms with van der Waals surface area (Å²) in [6, 6.07) is 2.42. The van der Waals surface area contributed by atoms with Gasteiger partial charge in [-0.15, -0.1) is 0 Å². The second-order valence-electron chi connectivity index (χ2n) is 4.95. The molecule has 0 aromatic carbocycles. The van der Waals surface area contributed by atoms with Gasteiger partial charge in [0.25, 0.3) is 0 Å². The van der Waals surface area contributed by atoms with Crippen LogP contribution in [-0.4, -0.2) is 15.9 Å². The quantitative estimate of drug-likeness (QED) is 0.888. The van der Waals surface area contributed by atoms with Crippen LogP contribution in [0.25, 0.3) is 10.9 Å². The van der Waals surface area contributed by atoms with Crippen LogP contribution in [0.3, 0.4) is 0 Å². The zero-order valence-electron chi connectivity index (χ0n) is 10.4. The van der Waals surface area contributed by atoms with Gasteiger partial charge in [0.15, 0.2) is 0 Å². The highest BCUT2D eigenvalue weighted by molar-refractivity contribution is 5.94. The second kappa shape index (κ2) is 4.50. The number of pyridine rings is 1. The molecule has 2 N–H and O–H groups in total. The van der Waals surface area contributed by atoms with Crippen LogP contribution in [0, 0.1) is 5.92 Å². The molecule has 1 fully saturated rings. The summed E-state index contributed by atoms with van der Waals surface area (Å²) < 4.78 is 37.7. The minimum absolute atomic E-state index is 0.00174. The van der Waals surface area contributed by atoms with Crippen LogP contribution in [0.5, 0.6) is 0 Å². The summed E-state index contributed by atoms with van der Waals surface area (Å²) in [6.07, 6.45) is -0.356. The summed E-state index contributed by atoms with van der Waals surface area (Å²) in [5, 5.41) is 2.99. The third-order valence-electron chi connectivity index (χ3n) is 3.54. The van der Waals surface area contributed by atoms with Crippen molar-refractivity contribution in [3.8, 4) is 0 Å². The van der Waals surface area contributed by atoms with E-state index in [4.69, 9.17) is 0 Å². The average molecular weight is 283 g/mol. The molecule has 7 heteroatoms. The first-order valence-electron chi connectivity index (χ1n) is 6.30. The molecule has 1 aliphatic carbocycles. The molecule has 106 valence electrons. The van der Waals surface area contributed by atoms with E-state index in [-0.39, 0.29) is 17.6 Å². The van der Waals surface area contributed by atoms with Crippen LogP contribution in [0.15, 0.2) is 18.3 Å². The van der Waals surface area contributed by atoms with Crippen molar-refractivity contribution in [1.82, 2.24) is 9.97 Å². The Kier molecular flexibility index (Phi) is 2.92. The van der Waals surface area contributed by atoms with E-state index in [1.165, 1.54) is 12.3 Å². The SMILES string of the molecule is O=C(Nc1cc2[nH]c(C(F)(F)F)cc2cn1)C1CCC1. The minimum atomic E-state index is -4.42. The number of rotatable bonds is 2. The third-order valence-corrected chi connectivity index (χ3v) is 3.54. The third kappa shape index (κ3) is 2.35. The van der Waals surface area contributed by atoms with Gasteiger partial charge in [0, 0.05) is 23.6 Å². The molecule has 0 unspecified atom stereocenters. The monoisotopic (exact) mass is 283 g/mol. The van der Waals surface area contributed by atoms with Gasteiger partial charge >= 0.3 is 6.18 Å². The summed E-state index contributed by atoms with van der Waals surface area (Å²) in [5.74, 6) is 0.151. The van der Waals surface area contributed by atoms with E-state index < -0.39 is 11.9 Å². The molecule has 20 heavy (non-hydrogen) atoms. The number of aromatic amines is 1. The van der Waals surface area contributed by atoms with Crippen molar-refractivity contribution in [2.24, 2.45) is 5.92 Å². The van der Waals surface area contributed by atoms with Crippen molar-refractivity contribution < 1.29 is 18.0 Å². The number of alkyl halides is 3. The number of halogens is 3. The number of hydrogen-bond acceptors (Lipinski definition) is 2. The van der Waals surface area contributed by atoms with Crippen molar-refractivity contribution in [3.05, 3.63) is 24.0 Å². The van der Waals surface area contributed by atoms with E-state index in [9.17, 15) is 18.0 Å². The van der Waals surface area contributed by atoms with Crippen molar-refractivity contribution in [2.45, 2.75) is 25.4 Å². The van der Waals surface area contributed by atoms with Gasteiger partial charge in [0.05, 0.1) is 5.52 Å². The molecule has 0 atom stereocenters. The number of hydrogen-bond donors (Lipinski definition) is 2. The Hall–Kier alpha value is -2.05. The predicted octanol–water partition coefficient (Wildman–Crippen LogP) is 3.32. The molecule has 1 amide bonds. The van der Waals surface area contributed by atoms with Crippen molar-refractivity contribution in [1.29, 1.82) is 0 Å². The average Bonchev–Trinajstić information content (AvgIpc) is 2.68. The van der Waals surface area contributed by atoms with Crippen molar-refractivity contribution in [3.63, 3.8) is 0 Å². The van der Waals surface area contributed by atoms with Gasteiger partial charge in [-0.3, -0.25) is 4.79 Å². The maximum absolute atomic E-state index is 12.6. The van der Waals surface area contributed by atoms with E-state index in [0.717, 1.165) is 25.3 Å². The van der Waals surface area contributed by atoms with Gasteiger partial charge in [0.2, 0.25) is 5.91 Å². The number of nitrogens with one attached hydrogen (secondary N) is 2. The molecule has 0 saturated heterocycles. The fourth-order valence-corrected chi connectivity index (χ4v) is 2.15. The molecule has 0 spiro atoms. The topological polar surface area (TPSA) is 57.8 Å². The number of anilines is 1. The Bertz CT molecular complexity index is 658. The summed E-state index contributed by atoms with van der Waals surface area (Å²) >= 11 is 0.